The SMILES string of the molecule is CN1c2ccccc2C(C)(C)c2cccc(-c3cccc4c(-c5cccc6c5C(C)(C)c5ccccc5-6)c5cccc(-c6cccc7c6N(C)c6ccccc6C7(C)C)c5cc34)c21. The lowest BCUT2D eigenvalue weighted by molar-refractivity contribution is 0.630. The van der Waals surface area contributed by atoms with Crippen LogP contribution in [0.3, 0.4) is 0 Å². The van der Waals surface area contributed by atoms with Crippen molar-refractivity contribution in [3.63, 3.8) is 0 Å². The Hall–Kier alpha value is -6.90. The lowest BCUT2D eigenvalue weighted by Gasteiger charge is -2.41. The summed E-state index contributed by atoms with van der Waals surface area (Å²) in [6, 6.07) is 64.5. The van der Waals surface area contributed by atoms with Crippen LogP contribution in [-0.2, 0) is 16.2 Å². The fourth-order valence-electron chi connectivity index (χ4n) is 12.4. The van der Waals surface area contributed by atoms with Gasteiger partial charge < -0.3 is 9.80 Å². The summed E-state index contributed by atoms with van der Waals surface area (Å²) in [7, 11) is 4.50. The van der Waals surface area contributed by atoms with Crippen molar-refractivity contribution in [2.75, 3.05) is 23.9 Å². The molecular weight excluding hydrogens is 761 g/mol. The smallest absolute Gasteiger partial charge is 0.0529 e. The van der Waals surface area contributed by atoms with Crippen LogP contribution in [0.5, 0.6) is 0 Å². The van der Waals surface area contributed by atoms with Crippen LogP contribution in [0.25, 0.3) is 66.1 Å². The van der Waals surface area contributed by atoms with Gasteiger partial charge in [0.1, 0.15) is 0 Å². The average Bonchev–Trinajstić information content (AvgIpc) is 3.54. The molecule has 0 radical (unpaired) electrons. The molecule has 2 aliphatic heterocycles. The lowest BCUT2D eigenvalue weighted by Crippen LogP contribution is -2.31. The molecule has 1 aliphatic carbocycles. The molecule has 306 valence electrons. The maximum atomic E-state index is 2.53. The Kier molecular flexibility index (Phi) is 7.85. The molecule has 0 N–H and O–H groups in total. The Bertz CT molecular complexity index is 3240. The van der Waals surface area contributed by atoms with Crippen molar-refractivity contribution in [1.29, 1.82) is 0 Å². The highest BCUT2D eigenvalue weighted by molar-refractivity contribution is 6.21. The number of fused-ring (bicyclic) bond motifs is 9. The number of hydrogen-bond acceptors (Lipinski definition) is 2. The number of hydrogen-bond donors (Lipinski definition) is 0. The summed E-state index contributed by atoms with van der Waals surface area (Å²) in [6.07, 6.45) is 0. The van der Waals surface area contributed by atoms with E-state index in [2.05, 4.69) is 235 Å². The molecule has 3 aliphatic rings. The van der Waals surface area contributed by atoms with E-state index in [1.54, 1.807) is 0 Å². The minimum atomic E-state index is -0.188. The molecule has 9 aromatic rings. The Labute approximate surface area is 372 Å². The molecular formula is C61H52N2. The second-order valence-corrected chi connectivity index (χ2v) is 19.8. The van der Waals surface area contributed by atoms with Gasteiger partial charge in [-0.3, -0.25) is 0 Å². The molecule has 0 fully saturated rings. The van der Waals surface area contributed by atoms with E-state index < -0.39 is 0 Å². The Morgan fingerprint density at radius 1 is 0.302 bits per heavy atom. The van der Waals surface area contributed by atoms with Gasteiger partial charge in [0.25, 0.3) is 0 Å². The van der Waals surface area contributed by atoms with Crippen LogP contribution in [0, 0.1) is 0 Å². The van der Waals surface area contributed by atoms with Crippen molar-refractivity contribution in [1.82, 2.24) is 0 Å². The van der Waals surface area contributed by atoms with E-state index in [0.717, 1.165) is 0 Å². The first-order valence-corrected chi connectivity index (χ1v) is 22.6. The standard InChI is InChI=1S/C61H52N2/c1-59(2)49-30-11-13-34-53(49)62(7)57-43(26-18-32-51(57)59)37-21-15-23-40-46(37)36-47-38(44-27-19-33-52-58(44)63(8)54-35-14-12-31-50(54)60(52,3)4)22-16-24-41(47)55(40)45-28-17-25-42-39-20-9-10-29-48(39)61(5,6)56(42)45/h9-36H,1-8H3. The zero-order valence-corrected chi connectivity index (χ0v) is 37.6. The number of para-hydroxylation sites is 4. The van der Waals surface area contributed by atoms with E-state index in [1.165, 1.54) is 122 Å². The van der Waals surface area contributed by atoms with Crippen LogP contribution < -0.4 is 9.80 Å². The second kappa shape index (κ2) is 13.1. The van der Waals surface area contributed by atoms with Gasteiger partial charge in [0, 0.05) is 52.8 Å². The third-order valence-electron chi connectivity index (χ3n) is 15.4. The normalized spacial score (nSPS) is 15.9. The quantitative estimate of drug-likeness (QED) is 0.164. The van der Waals surface area contributed by atoms with Crippen LogP contribution in [0.15, 0.2) is 170 Å². The van der Waals surface area contributed by atoms with E-state index in [-0.39, 0.29) is 16.2 Å². The maximum Gasteiger partial charge on any atom is 0.0529 e. The fourth-order valence-corrected chi connectivity index (χ4v) is 12.4. The molecule has 63 heavy (non-hydrogen) atoms. The maximum absolute atomic E-state index is 2.53. The molecule has 0 atom stereocenters. The number of benzene rings is 9. The van der Waals surface area contributed by atoms with Gasteiger partial charge in [-0.05, 0) is 107 Å². The van der Waals surface area contributed by atoms with Gasteiger partial charge in [0.2, 0.25) is 0 Å². The van der Waals surface area contributed by atoms with Gasteiger partial charge in [-0.25, -0.2) is 0 Å². The molecule has 0 saturated heterocycles. The minimum absolute atomic E-state index is 0.167. The van der Waals surface area contributed by atoms with Crippen LogP contribution in [0.2, 0.25) is 0 Å². The van der Waals surface area contributed by atoms with E-state index in [1.807, 2.05) is 0 Å². The third kappa shape index (κ3) is 5.01. The summed E-state index contributed by atoms with van der Waals surface area (Å²) in [6.45, 7) is 14.4. The van der Waals surface area contributed by atoms with Crippen molar-refractivity contribution in [2.45, 2.75) is 57.8 Å². The van der Waals surface area contributed by atoms with Crippen molar-refractivity contribution in [2.24, 2.45) is 0 Å². The number of nitrogens with zero attached hydrogens (tertiary/aromatic N) is 2. The molecule has 2 nitrogen and oxygen atoms in total. The molecule has 2 heteroatoms. The van der Waals surface area contributed by atoms with E-state index >= 15 is 0 Å². The van der Waals surface area contributed by atoms with Crippen LogP contribution in [-0.4, -0.2) is 14.1 Å². The molecule has 2 heterocycles. The lowest BCUT2D eigenvalue weighted by atomic mass is 9.72. The van der Waals surface area contributed by atoms with Gasteiger partial charge >= 0.3 is 0 Å². The summed E-state index contributed by atoms with van der Waals surface area (Å²) in [5.41, 5.74) is 23.1. The van der Waals surface area contributed by atoms with E-state index in [9.17, 15) is 0 Å². The van der Waals surface area contributed by atoms with Gasteiger partial charge in [-0.1, -0.05) is 193 Å². The molecule has 0 spiro atoms. The third-order valence-corrected chi connectivity index (χ3v) is 15.4. The van der Waals surface area contributed by atoms with Crippen LogP contribution in [0.4, 0.5) is 22.7 Å². The van der Waals surface area contributed by atoms with Crippen LogP contribution in [0.1, 0.15) is 74.9 Å². The molecule has 12 rings (SSSR count). The van der Waals surface area contributed by atoms with E-state index in [4.69, 9.17) is 0 Å². The van der Waals surface area contributed by atoms with Crippen molar-refractivity contribution < 1.29 is 0 Å². The van der Waals surface area contributed by atoms with Gasteiger partial charge in [0.05, 0.1) is 11.4 Å². The Morgan fingerprint density at radius 3 is 1.22 bits per heavy atom. The molecule has 9 aromatic carbocycles. The number of anilines is 4. The van der Waals surface area contributed by atoms with E-state index in [0.29, 0.717) is 0 Å². The summed E-state index contributed by atoms with van der Waals surface area (Å²) < 4.78 is 0. The summed E-state index contributed by atoms with van der Waals surface area (Å²) in [5, 5.41) is 5.08. The zero-order chi connectivity index (χ0) is 43.2. The molecule has 0 saturated carbocycles. The van der Waals surface area contributed by atoms with Crippen LogP contribution >= 0.6 is 0 Å². The average molecular weight is 813 g/mol. The van der Waals surface area contributed by atoms with Crippen molar-refractivity contribution >= 4 is 44.3 Å². The predicted molar refractivity (Wildman–Crippen MR) is 269 cm³/mol. The second-order valence-electron chi connectivity index (χ2n) is 19.8. The highest BCUT2D eigenvalue weighted by Gasteiger charge is 2.40. The minimum Gasteiger partial charge on any atom is -0.344 e. The Morgan fingerprint density at radius 2 is 0.683 bits per heavy atom. The summed E-state index contributed by atoms with van der Waals surface area (Å²) in [5.74, 6) is 0. The van der Waals surface area contributed by atoms with Crippen molar-refractivity contribution in [3.05, 3.63) is 203 Å². The molecule has 0 amide bonds. The number of rotatable bonds is 3. The highest BCUT2D eigenvalue weighted by Crippen LogP contribution is 2.57. The first kappa shape index (κ1) is 37.8. The first-order valence-electron chi connectivity index (χ1n) is 22.6. The molecule has 0 unspecified atom stereocenters. The monoisotopic (exact) mass is 812 g/mol. The highest BCUT2D eigenvalue weighted by atomic mass is 15.1. The summed E-state index contributed by atoms with van der Waals surface area (Å²) in [4.78, 5) is 4.87. The molecule has 0 bridgehead atoms. The largest absolute Gasteiger partial charge is 0.344 e. The van der Waals surface area contributed by atoms with Gasteiger partial charge in [-0.2, -0.15) is 0 Å². The summed E-state index contributed by atoms with van der Waals surface area (Å²) >= 11 is 0. The topological polar surface area (TPSA) is 6.48 Å². The zero-order valence-electron chi connectivity index (χ0n) is 37.6. The fraction of sp³-hybridized carbons (Fsp3) is 0.180. The predicted octanol–water partition coefficient (Wildman–Crippen LogP) is 16.1. The first-order chi connectivity index (χ1) is 30.4. The van der Waals surface area contributed by atoms with Gasteiger partial charge in [0.15, 0.2) is 0 Å². The Balaban J connectivity index is 1.20. The van der Waals surface area contributed by atoms with Gasteiger partial charge in [-0.15, -0.1) is 0 Å². The molecule has 0 aromatic heterocycles. The van der Waals surface area contributed by atoms with Crippen molar-refractivity contribution in [3.8, 4) is 44.5 Å².